The van der Waals surface area contributed by atoms with E-state index in [4.69, 9.17) is 0 Å². The quantitative estimate of drug-likeness (QED) is 0.414. The predicted molar refractivity (Wildman–Crippen MR) is 101 cm³/mol. The molecule has 6 nitrogen and oxygen atoms in total. The van der Waals surface area contributed by atoms with Crippen LogP contribution in [-0.2, 0) is 20.0 Å². The highest BCUT2D eigenvalue weighted by molar-refractivity contribution is 7.93. The fourth-order valence-corrected chi connectivity index (χ4v) is 4.59. The first-order valence-corrected chi connectivity index (χ1v) is 11.1. The van der Waals surface area contributed by atoms with Crippen LogP contribution in [0.5, 0.6) is 0 Å². The summed E-state index contributed by atoms with van der Waals surface area (Å²) in [5, 5.41) is 0. The van der Waals surface area contributed by atoms with Gasteiger partial charge in [-0.3, -0.25) is 9.44 Å². The summed E-state index contributed by atoms with van der Waals surface area (Å²) in [5.74, 6) is -8.01. The lowest BCUT2D eigenvalue weighted by Crippen LogP contribution is -2.16. The number of nitrogens with one attached hydrogen (secondary N) is 2. The van der Waals surface area contributed by atoms with Crippen LogP contribution in [0.25, 0.3) is 0 Å². The molecule has 164 valence electrons. The van der Waals surface area contributed by atoms with Gasteiger partial charge in [0.15, 0.2) is 29.1 Å². The zero-order valence-corrected chi connectivity index (χ0v) is 16.7. The number of hydrogen-bond donors (Lipinski definition) is 2. The smallest absolute Gasteiger partial charge is 0.264 e. The van der Waals surface area contributed by atoms with Crippen molar-refractivity contribution in [2.24, 2.45) is 0 Å². The Balaban J connectivity index is 1.80. The molecular formula is C18H11F5N2O4S2. The second-order valence-corrected chi connectivity index (χ2v) is 9.37. The Morgan fingerprint density at radius 1 is 0.548 bits per heavy atom. The van der Waals surface area contributed by atoms with Crippen molar-refractivity contribution in [3.05, 3.63) is 83.7 Å². The first-order valence-electron chi connectivity index (χ1n) is 8.15. The third-order valence-electron chi connectivity index (χ3n) is 3.88. The maximum Gasteiger partial charge on any atom is 0.264 e. The van der Waals surface area contributed by atoms with Gasteiger partial charge in [-0.25, -0.2) is 38.8 Å². The molecule has 0 saturated carbocycles. The van der Waals surface area contributed by atoms with E-state index in [9.17, 15) is 38.8 Å². The van der Waals surface area contributed by atoms with Gasteiger partial charge in [0.05, 0.1) is 4.90 Å². The van der Waals surface area contributed by atoms with Crippen LogP contribution in [-0.4, -0.2) is 16.8 Å². The minimum Gasteiger partial charge on any atom is -0.280 e. The molecule has 0 bridgehead atoms. The van der Waals surface area contributed by atoms with Gasteiger partial charge in [0.25, 0.3) is 20.0 Å². The maximum absolute atomic E-state index is 13.8. The van der Waals surface area contributed by atoms with Crippen molar-refractivity contribution in [3.8, 4) is 0 Å². The Hall–Kier alpha value is -3.19. The van der Waals surface area contributed by atoms with E-state index in [2.05, 4.69) is 4.72 Å². The highest BCUT2D eigenvalue weighted by Crippen LogP contribution is 2.24. The van der Waals surface area contributed by atoms with Crippen LogP contribution in [0.3, 0.4) is 0 Å². The first kappa shape index (κ1) is 22.5. The zero-order chi connectivity index (χ0) is 23.0. The number of halogens is 5. The van der Waals surface area contributed by atoms with E-state index in [0.29, 0.717) is 24.3 Å². The predicted octanol–water partition coefficient (Wildman–Crippen LogP) is 3.98. The Kier molecular flexibility index (Phi) is 5.91. The third-order valence-corrected chi connectivity index (χ3v) is 6.66. The molecule has 0 aliphatic carbocycles. The fraction of sp³-hybridized carbons (Fsp3) is 0. The lowest BCUT2D eigenvalue weighted by atomic mass is 10.3. The monoisotopic (exact) mass is 478 g/mol. The molecule has 0 aliphatic heterocycles. The minimum absolute atomic E-state index is 0.0633. The van der Waals surface area contributed by atoms with Crippen LogP contribution in [0.1, 0.15) is 0 Å². The Morgan fingerprint density at radius 2 is 1.06 bits per heavy atom. The molecule has 0 spiro atoms. The van der Waals surface area contributed by atoms with Gasteiger partial charge in [-0.2, -0.15) is 0 Å². The lowest BCUT2D eigenvalue weighted by Gasteiger charge is -2.11. The topological polar surface area (TPSA) is 92.3 Å². The van der Waals surface area contributed by atoms with Crippen molar-refractivity contribution < 1.29 is 38.8 Å². The summed E-state index contributed by atoms with van der Waals surface area (Å²) in [6, 6.07) is 7.39. The van der Waals surface area contributed by atoms with Crippen LogP contribution in [0.2, 0.25) is 0 Å². The summed E-state index contributed by atoms with van der Waals surface area (Å²) in [7, 11) is -8.91. The second-order valence-electron chi connectivity index (χ2n) is 6.04. The largest absolute Gasteiger partial charge is 0.280 e. The molecule has 0 aliphatic rings. The highest BCUT2D eigenvalue weighted by Gasteiger charge is 2.24. The lowest BCUT2D eigenvalue weighted by molar-refractivity contribution is 0.432. The van der Waals surface area contributed by atoms with E-state index in [1.54, 1.807) is 0 Å². The van der Waals surface area contributed by atoms with Crippen LogP contribution < -0.4 is 9.44 Å². The van der Waals surface area contributed by atoms with Crippen molar-refractivity contribution in [1.82, 2.24) is 0 Å². The Bertz CT molecular complexity index is 1360. The van der Waals surface area contributed by atoms with Crippen molar-refractivity contribution in [2.75, 3.05) is 9.44 Å². The second kappa shape index (κ2) is 8.15. The molecule has 0 amide bonds. The van der Waals surface area contributed by atoms with Crippen LogP contribution in [0.4, 0.5) is 33.3 Å². The third kappa shape index (κ3) is 4.77. The summed E-state index contributed by atoms with van der Waals surface area (Å²) < 4.78 is 119. The number of rotatable bonds is 6. The van der Waals surface area contributed by atoms with Gasteiger partial charge < -0.3 is 0 Å². The molecule has 0 saturated heterocycles. The minimum atomic E-state index is -4.63. The highest BCUT2D eigenvalue weighted by atomic mass is 32.2. The molecular weight excluding hydrogens is 467 g/mol. The summed E-state index contributed by atoms with van der Waals surface area (Å²) >= 11 is 0. The van der Waals surface area contributed by atoms with Gasteiger partial charge in [0.2, 0.25) is 0 Å². The molecule has 3 aromatic carbocycles. The van der Waals surface area contributed by atoms with Gasteiger partial charge in [-0.1, -0.05) is 0 Å². The van der Waals surface area contributed by atoms with E-state index >= 15 is 0 Å². The summed E-state index contributed by atoms with van der Waals surface area (Å²) in [6.45, 7) is 0. The molecule has 0 radical (unpaired) electrons. The van der Waals surface area contributed by atoms with Crippen molar-refractivity contribution >= 4 is 31.4 Å². The average molecular weight is 478 g/mol. The van der Waals surface area contributed by atoms with Gasteiger partial charge in [-0.15, -0.1) is 0 Å². The molecule has 2 N–H and O–H groups in total. The Morgan fingerprint density at radius 3 is 1.61 bits per heavy atom. The van der Waals surface area contributed by atoms with Gasteiger partial charge in [0, 0.05) is 11.4 Å². The average Bonchev–Trinajstić information content (AvgIpc) is 2.69. The Labute approximate surface area is 173 Å². The molecule has 13 heteroatoms. The molecule has 3 rings (SSSR count). The summed E-state index contributed by atoms with van der Waals surface area (Å²) in [6.07, 6.45) is 0. The SMILES string of the molecule is O=S(=O)(Nc1ccc(NS(=O)(=O)c2ccc(F)c(F)c2F)cc1)c1ccc(F)c(F)c1. The van der Waals surface area contributed by atoms with Crippen molar-refractivity contribution in [2.45, 2.75) is 9.79 Å². The van der Waals surface area contributed by atoms with E-state index in [-0.39, 0.29) is 11.4 Å². The molecule has 0 unspecified atom stereocenters. The van der Waals surface area contributed by atoms with E-state index in [1.165, 1.54) is 0 Å². The fourth-order valence-electron chi connectivity index (χ4n) is 2.39. The maximum atomic E-state index is 13.8. The summed E-state index contributed by atoms with van der Waals surface area (Å²) in [5.41, 5.74) is -0.216. The zero-order valence-electron chi connectivity index (χ0n) is 15.0. The van der Waals surface area contributed by atoms with Crippen LogP contribution in [0.15, 0.2) is 64.4 Å². The molecule has 0 atom stereocenters. The molecule has 31 heavy (non-hydrogen) atoms. The van der Waals surface area contributed by atoms with E-state index < -0.39 is 58.9 Å². The van der Waals surface area contributed by atoms with Crippen LogP contribution >= 0.6 is 0 Å². The number of sulfonamides is 2. The van der Waals surface area contributed by atoms with E-state index in [0.717, 1.165) is 30.3 Å². The van der Waals surface area contributed by atoms with Gasteiger partial charge >= 0.3 is 0 Å². The normalized spacial score (nSPS) is 11.9. The number of anilines is 2. The van der Waals surface area contributed by atoms with Crippen molar-refractivity contribution in [3.63, 3.8) is 0 Å². The van der Waals surface area contributed by atoms with Crippen LogP contribution in [0, 0.1) is 29.1 Å². The molecule has 0 fully saturated rings. The van der Waals surface area contributed by atoms with Gasteiger partial charge in [0.1, 0.15) is 4.90 Å². The van der Waals surface area contributed by atoms with E-state index in [1.807, 2.05) is 4.72 Å². The van der Waals surface area contributed by atoms with Gasteiger partial charge in [-0.05, 0) is 54.6 Å². The standard InChI is InChI=1S/C18H11F5N2O4S2/c19-13-6-5-12(9-15(13)21)30(26,27)24-10-1-3-11(4-2-10)25-31(28,29)16-8-7-14(20)17(22)18(16)23/h1-9,24-25H. The number of benzene rings is 3. The number of hydrogen-bond acceptors (Lipinski definition) is 4. The summed E-state index contributed by atoms with van der Waals surface area (Å²) in [4.78, 5) is -1.68. The van der Waals surface area contributed by atoms with Crippen molar-refractivity contribution in [1.29, 1.82) is 0 Å². The first-order chi connectivity index (χ1) is 14.4. The molecule has 3 aromatic rings. The molecule has 0 aromatic heterocycles. The molecule has 0 heterocycles.